The standard InChI is InChI=1S/C25H34N2O5Si/c1-33(2,3)13-12-31-25(30)19-15-26-24(27-19)23-18(20-9-10-21(23)32-20)14-17-7-5-4-6-16(17)8-11-22(28)29/h4-7,15,18,20-21,23H,8-14H2,1-3H3,(H,26,27)(H,28,29)/t18-,20-,21+,23-/m0/s1. The number of hydrogen-bond acceptors (Lipinski definition) is 5. The third-order valence-corrected chi connectivity index (χ3v) is 8.53. The molecule has 2 N–H and O–H groups in total. The van der Waals surface area contributed by atoms with E-state index in [1.54, 1.807) is 6.20 Å². The molecule has 8 heteroatoms. The van der Waals surface area contributed by atoms with Crippen molar-refractivity contribution >= 4 is 20.0 Å². The molecule has 3 heterocycles. The summed E-state index contributed by atoms with van der Waals surface area (Å²) in [5.74, 6) is -0.0405. The molecular weight excluding hydrogens is 436 g/mol. The molecule has 2 fully saturated rings. The zero-order valence-electron chi connectivity index (χ0n) is 19.7. The first kappa shape index (κ1) is 23.7. The lowest BCUT2D eigenvalue weighted by Crippen LogP contribution is -2.28. The van der Waals surface area contributed by atoms with E-state index in [-0.39, 0.29) is 36.4 Å². The second kappa shape index (κ2) is 9.81. The molecule has 1 aromatic heterocycles. The second-order valence-electron chi connectivity index (χ2n) is 10.5. The zero-order chi connectivity index (χ0) is 23.6. The van der Waals surface area contributed by atoms with Crippen molar-refractivity contribution in [2.45, 2.75) is 75.9 Å². The van der Waals surface area contributed by atoms with E-state index in [1.807, 2.05) is 18.2 Å². The number of aryl methyl sites for hydroxylation is 1. The smallest absolute Gasteiger partial charge is 0.356 e. The highest BCUT2D eigenvalue weighted by Gasteiger charge is 2.50. The minimum absolute atomic E-state index is 0.0832. The third kappa shape index (κ3) is 5.73. The van der Waals surface area contributed by atoms with E-state index in [0.717, 1.165) is 36.7 Å². The van der Waals surface area contributed by atoms with Gasteiger partial charge < -0.3 is 19.6 Å². The summed E-state index contributed by atoms with van der Waals surface area (Å²) in [4.78, 5) is 31.4. The number of carboxylic acids is 1. The molecule has 7 nitrogen and oxygen atoms in total. The number of carboxylic acid groups (broad SMARTS) is 1. The van der Waals surface area contributed by atoms with Crippen molar-refractivity contribution in [1.29, 1.82) is 0 Å². The van der Waals surface area contributed by atoms with Gasteiger partial charge in [-0.2, -0.15) is 0 Å². The summed E-state index contributed by atoms with van der Waals surface area (Å²) in [5.41, 5.74) is 2.64. The van der Waals surface area contributed by atoms with Crippen LogP contribution in [-0.2, 0) is 27.1 Å². The Hall–Kier alpha value is -2.45. The number of esters is 1. The summed E-state index contributed by atoms with van der Waals surface area (Å²) < 4.78 is 11.7. The van der Waals surface area contributed by atoms with E-state index in [0.29, 0.717) is 18.7 Å². The number of aliphatic carboxylic acids is 1. The minimum atomic E-state index is -1.27. The number of nitrogens with zero attached hydrogens (tertiary/aromatic N) is 1. The molecule has 1 aromatic carbocycles. The Labute approximate surface area is 195 Å². The summed E-state index contributed by atoms with van der Waals surface area (Å²) in [7, 11) is -1.27. The molecule has 2 bridgehead atoms. The van der Waals surface area contributed by atoms with Crippen LogP contribution in [0.15, 0.2) is 30.5 Å². The first-order chi connectivity index (χ1) is 15.7. The summed E-state index contributed by atoms with van der Waals surface area (Å²) in [5, 5.41) is 9.10. The van der Waals surface area contributed by atoms with Gasteiger partial charge in [-0.05, 0) is 42.9 Å². The van der Waals surface area contributed by atoms with Crippen molar-refractivity contribution in [1.82, 2.24) is 9.97 Å². The van der Waals surface area contributed by atoms with Crippen LogP contribution in [0.4, 0.5) is 0 Å². The summed E-state index contributed by atoms with van der Waals surface area (Å²) in [6, 6.07) is 9.00. The number of hydrogen-bond donors (Lipinski definition) is 2. The first-order valence-electron chi connectivity index (χ1n) is 11.9. The molecule has 0 aliphatic carbocycles. The third-order valence-electron chi connectivity index (χ3n) is 6.82. The summed E-state index contributed by atoms with van der Waals surface area (Å²) in [6.45, 7) is 7.20. The summed E-state index contributed by atoms with van der Waals surface area (Å²) >= 11 is 0. The number of aromatic nitrogens is 2. The fourth-order valence-electron chi connectivity index (χ4n) is 5.05. The number of nitrogens with one attached hydrogen (secondary N) is 1. The van der Waals surface area contributed by atoms with E-state index in [1.165, 1.54) is 5.56 Å². The van der Waals surface area contributed by atoms with E-state index < -0.39 is 14.0 Å². The van der Waals surface area contributed by atoms with E-state index in [9.17, 15) is 9.59 Å². The van der Waals surface area contributed by atoms with Gasteiger partial charge in [0.15, 0.2) is 0 Å². The van der Waals surface area contributed by atoms with Crippen molar-refractivity contribution < 1.29 is 24.2 Å². The van der Waals surface area contributed by atoms with Crippen LogP contribution < -0.4 is 0 Å². The Morgan fingerprint density at radius 1 is 1.18 bits per heavy atom. The van der Waals surface area contributed by atoms with Crippen molar-refractivity contribution in [3.05, 3.63) is 53.1 Å². The Morgan fingerprint density at radius 3 is 2.64 bits per heavy atom. The monoisotopic (exact) mass is 470 g/mol. The molecule has 2 aliphatic heterocycles. The number of carbonyl (C=O) groups excluding carboxylic acids is 1. The molecule has 0 spiro atoms. The van der Waals surface area contributed by atoms with Crippen LogP contribution in [0, 0.1) is 5.92 Å². The first-order valence-corrected chi connectivity index (χ1v) is 15.6. The van der Waals surface area contributed by atoms with Gasteiger partial charge in [0.2, 0.25) is 0 Å². The van der Waals surface area contributed by atoms with Crippen molar-refractivity contribution in [2.24, 2.45) is 5.92 Å². The van der Waals surface area contributed by atoms with Crippen molar-refractivity contribution in [3.8, 4) is 0 Å². The predicted molar refractivity (Wildman–Crippen MR) is 127 cm³/mol. The maximum absolute atomic E-state index is 12.5. The Morgan fingerprint density at radius 2 is 1.91 bits per heavy atom. The Kier molecular flexibility index (Phi) is 7.04. The maximum Gasteiger partial charge on any atom is 0.356 e. The minimum Gasteiger partial charge on any atom is -0.481 e. The van der Waals surface area contributed by atoms with Gasteiger partial charge in [-0.15, -0.1) is 0 Å². The lowest BCUT2D eigenvalue weighted by Gasteiger charge is -2.27. The molecule has 0 amide bonds. The number of aromatic amines is 1. The van der Waals surface area contributed by atoms with Crippen LogP contribution >= 0.6 is 0 Å². The second-order valence-corrected chi connectivity index (χ2v) is 16.1. The topological polar surface area (TPSA) is 102 Å². The van der Waals surface area contributed by atoms with Crippen molar-refractivity contribution in [3.63, 3.8) is 0 Å². The normalized spacial score (nSPS) is 24.2. The molecule has 2 saturated heterocycles. The van der Waals surface area contributed by atoms with Gasteiger partial charge in [-0.25, -0.2) is 9.78 Å². The van der Waals surface area contributed by atoms with E-state index in [2.05, 4.69) is 35.7 Å². The van der Waals surface area contributed by atoms with Gasteiger partial charge in [-0.3, -0.25) is 4.79 Å². The largest absolute Gasteiger partial charge is 0.481 e. The lowest BCUT2D eigenvalue weighted by molar-refractivity contribution is -0.136. The number of ether oxygens (including phenoxy) is 2. The Balaban J connectivity index is 1.47. The van der Waals surface area contributed by atoms with Gasteiger partial charge >= 0.3 is 11.9 Å². The van der Waals surface area contributed by atoms with Gasteiger partial charge in [0.25, 0.3) is 0 Å². The predicted octanol–water partition coefficient (Wildman–Crippen LogP) is 4.43. The van der Waals surface area contributed by atoms with Crippen LogP contribution in [0.5, 0.6) is 0 Å². The zero-order valence-corrected chi connectivity index (χ0v) is 20.7. The molecule has 4 rings (SSSR count). The molecule has 0 radical (unpaired) electrons. The number of imidazole rings is 1. The van der Waals surface area contributed by atoms with Crippen LogP contribution in [0.1, 0.15) is 52.6 Å². The van der Waals surface area contributed by atoms with E-state index >= 15 is 0 Å². The van der Waals surface area contributed by atoms with Crippen LogP contribution in [0.3, 0.4) is 0 Å². The number of carbonyl (C=O) groups is 2. The molecule has 0 unspecified atom stereocenters. The van der Waals surface area contributed by atoms with Crippen LogP contribution in [0.2, 0.25) is 25.7 Å². The van der Waals surface area contributed by atoms with Crippen molar-refractivity contribution in [2.75, 3.05) is 6.61 Å². The van der Waals surface area contributed by atoms with Gasteiger partial charge in [0.1, 0.15) is 11.5 Å². The molecule has 4 atom stereocenters. The van der Waals surface area contributed by atoms with E-state index in [4.69, 9.17) is 14.6 Å². The molecular formula is C25H34N2O5Si. The van der Waals surface area contributed by atoms with Crippen LogP contribution in [0.25, 0.3) is 0 Å². The summed E-state index contributed by atoms with van der Waals surface area (Å²) in [6.07, 6.45) is 5.28. The van der Waals surface area contributed by atoms with Gasteiger partial charge in [-0.1, -0.05) is 43.9 Å². The highest BCUT2D eigenvalue weighted by atomic mass is 28.3. The Bertz CT molecular complexity index is 999. The van der Waals surface area contributed by atoms with Crippen LogP contribution in [-0.4, -0.2) is 53.9 Å². The van der Waals surface area contributed by atoms with Gasteiger partial charge in [0.05, 0.1) is 25.0 Å². The number of H-pyrrole nitrogens is 1. The molecule has 178 valence electrons. The number of rotatable bonds is 10. The SMILES string of the molecule is C[Si](C)(C)CCOC(=O)c1cnc([C@H]2[C@@H](Cc3ccccc3CCC(=O)O)[C@@H]3CC[C@H]2O3)[nH]1. The highest BCUT2D eigenvalue weighted by molar-refractivity contribution is 6.76. The average molecular weight is 471 g/mol. The van der Waals surface area contributed by atoms with Gasteiger partial charge in [0, 0.05) is 26.3 Å². The molecule has 2 aromatic rings. The molecule has 0 saturated carbocycles. The fourth-order valence-corrected chi connectivity index (χ4v) is 5.76. The lowest BCUT2D eigenvalue weighted by atomic mass is 9.75. The average Bonchev–Trinajstić information content (AvgIpc) is 3.48. The number of fused-ring (bicyclic) bond motifs is 2. The molecule has 2 aliphatic rings. The number of benzene rings is 1. The fraction of sp³-hybridized carbons (Fsp3) is 0.560. The maximum atomic E-state index is 12.5. The quantitative estimate of drug-likeness (QED) is 0.394. The molecule has 33 heavy (non-hydrogen) atoms. The highest BCUT2D eigenvalue weighted by Crippen LogP contribution is 2.49.